The Balaban J connectivity index is 1.24. The monoisotopic (exact) mass is 535 g/mol. The maximum atomic E-state index is 2.56. The maximum Gasteiger partial charge on any atom is 0.248 e. The SMILES string of the molecule is c1ccc2c(c1)B1c3ccc(C4CCCCC4)cc3-c3cccc(c31)N2c1ccc2ccc3cccc4ccc1c2c34. The highest BCUT2D eigenvalue weighted by Crippen LogP contribution is 2.46. The minimum Gasteiger partial charge on any atom is -0.311 e. The van der Waals surface area contributed by atoms with Crippen LogP contribution in [-0.2, 0) is 0 Å². The number of nitrogens with zero attached hydrogens (tertiary/aromatic N) is 1. The summed E-state index contributed by atoms with van der Waals surface area (Å²) in [6, 6.07) is 44.2. The van der Waals surface area contributed by atoms with Gasteiger partial charge in [-0.05, 0) is 91.5 Å². The Morgan fingerprint density at radius 3 is 2.14 bits per heavy atom. The zero-order valence-corrected chi connectivity index (χ0v) is 23.6. The van der Waals surface area contributed by atoms with E-state index in [0.717, 1.165) is 0 Å². The molecule has 2 aliphatic heterocycles. The van der Waals surface area contributed by atoms with Crippen LogP contribution in [0.2, 0.25) is 0 Å². The van der Waals surface area contributed by atoms with Gasteiger partial charge in [0.15, 0.2) is 0 Å². The molecule has 7 aromatic rings. The minimum absolute atomic E-state index is 0.277. The van der Waals surface area contributed by atoms with Crippen molar-refractivity contribution in [1.29, 1.82) is 0 Å². The molecule has 2 heterocycles. The summed E-state index contributed by atoms with van der Waals surface area (Å²) in [4.78, 5) is 2.56. The fourth-order valence-electron chi connectivity index (χ4n) is 8.75. The molecule has 10 rings (SSSR count). The van der Waals surface area contributed by atoms with Crippen molar-refractivity contribution in [3.63, 3.8) is 0 Å². The van der Waals surface area contributed by atoms with E-state index in [0.29, 0.717) is 5.92 Å². The highest BCUT2D eigenvalue weighted by molar-refractivity contribution is 7.01. The summed E-state index contributed by atoms with van der Waals surface area (Å²) in [7, 11) is 0. The van der Waals surface area contributed by atoms with Gasteiger partial charge in [0, 0.05) is 16.8 Å². The van der Waals surface area contributed by atoms with Gasteiger partial charge in [-0.15, -0.1) is 0 Å². The van der Waals surface area contributed by atoms with Crippen LogP contribution in [-0.4, -0.2) is 6.71 Å². The van der Waals surface area contributed by atoms with Crippen molar-refractivity contribution in [3.05, 3.63) is 121 Å². The standard InChI is InChI=1S/C40H30BN/c1-2-8-25(9-3-1)29-19-22-33-32(24-29)30-12-7-15-37-40(30)41(33)34-13-4-5-14-36(34)42(37)35-23-20-28-17-16-26-10-6-11-27-18-21-31(35)39(28)38(26)27/h4-7,10-25H,1-3,8-9H2. The summed E-state index contributed by atoms with van der Waals surface area (Å²) < 4.78 is 0. The van der Waals surface area contributed by atoms with Crippen LogP contribution >= 0.6 is 0 Å². The van der Waals surface area contributed by atoms with Crippen LogP contribution in [0, 0.1) is 0 Å². The van der Waals surface area contributed by atoms with Crippen LogP contribution in [0.1, 0.15) is 43.6 Å². The first kappa shape index (κ1) is 23.1. The zero-order valence-electron chi connectivity index (χ0n) is 23.6. The predicted octanol–water partition coefficient (Wildman–Crippen LogP) is 8.91. The lowest BCUT2D eigenvalue weighted by Gasteiger charge is -2.36. The van der Waals surface area contributed by atoms with Crippen molar-refractivity contribution >= 4 is 72.5 Å². The van der Waals surface area contributed by atoms with Crippen LogP contribution in [0.4, 0.5) is 17.1 Å². The van der Waals surface area contributed by atoms with Gasteiger partial charge >= 0.3 is 0 Å². The third-order valence-corrected chi connectivity index (χ3v) is 10.6. The number of hydrogen-bond acceptors (Lipinski definition) is 1. The Labute approximate surface area is 246 Å². The van der Waals surface area contributed by atoms with E-state index in [1.54, 1.807) is 5.56 Å². The molecule has 1 aliphatic carbocycles. The van der Waals surface area contributed by atoms with Gasteiger partial charge in [-0.1, -0.05) is 122 Å². The molecule has 0 N–H and O–H groups in total. The summed E-state index contributed by atoms with van der Waals surface area (Å²) >= 11 is 0. The Kier molecular flexibility index (Phi) is 4.66. The van der Waals surface area contributed by atoms with Gasteiger partial charge in [0.25, 0.3) is 0 Å². The molecule has 0 unspecified atom stereocenters. The maximum absolute atomic E-state index is 2.56. The Hall–Kier alpha value is -4.56. The second-order valence-corrected chi connectivity index (χ2v) is 12.7. The molecule has 2 heteroatoms. The highest BCUT2D eigenvalue weighted by Gasteiger charge is 2.42. The van der Waals surface area contributed by atoms with E-state index in [1.165, 1.54) is 109 Å². The van der Waals surface area contributed by atoms with Gasteiger partial charge in [0.05, 0.1) is 5.69 Å². The number of hydrogen-bond donors (Lipinski definition) is 0. The van der Waals surface area contributed by atoms with E-state index >= 15 is 0 Å². The summed E-state index contributed by atoms with van der Waals surface area (Å²) in [6.45, 7) is 0.277. The first-order chi connectivity index (χ1) is 20.8. The lowest BCUT2D eigenvalue weighted by atomic mass is 9.37. The van der Waals surface area contributed by atoms with Crippen LogP contribution in [0.5, 0.6) is 0 Å². The molecule has 3 aliphatic rings. The van der Waals surface area contributed by atoms with Crippen molar-refractivity contribution in [1.82, 2.24) is 0 Å². The molecule has 0 atom stereocenters. The molecule has 0 saturated heterocycles. The Bertz CT molecular complexity index is 2190. The average Bonchev–Trinajstić information content (AvgIpc) is 3.39. The fraction of sp³-hybridized carbons (Fsp3) is 0.150. The smallest absolute Gasteiger partial charge is 0.248 e. The summed E-state index contributed by atoms with van der Waals surface area (Å²) in [6.07, 6.45) is 6.80. The molecule has 7 aromatic carbocycles. The van der Waals surface area contributed by atoms with Crippen molar-refractivity contribution in [2.24, 2.45) is 0 Å². The molecular formula is C40H30BN. The van der Waals surface area contributed by atoms with Gasteiger partial charge in [-0.25, -0.2) is 0 Å². The van der Waals surface area contributed by atoms with Crippen molar-refractivity contribution in [3.8, 4) is 11.1 Å². The van der Waals surface area contributed by atoms with Crippen LogP contribution < -0.4 is 21.3 Å². The second kappa shape index (κ2) is 8.49. The van der Waals surface area contributed by atoms with Gasteiger partial charge < -0.3 is 4.90 Å². The Morgan fingerprint density at radius 1 is 0.524 bits per heavy atom. The molecule has 0 aromatic heterocycles. The van der Waals surface area contributed by atoms with Gasteiger partial charge in [-0.3, -0.25) is 0 Å². The minimum atomic E-state index is 0.277. The molecule has 0 amide bonds. The van der Waals surface area contributed by atoms with E-state index in [9.17, 15) is 0 Å². The third-order valence-electron chi connectivity index (χ3n) is 10.6. The molecular weight excluding hydrogens is 505 g/mol. The fourth-order valence-corrected chi connectivity index (χ4v) is 8.75. The van der Waals surface area contributed by atoms with E-state index in [-0.39, 0.29) is 6.71 Å². The normalized spacial score (nSPS) is 15.9. The molecule has 0 radical (unpaired) electrons. The topological polar surface area (TPSA) is 3.24 Å². The van der Waals surface area contributed by atoms with Crippen molar-refractivity contribution in [2.75, 3.05) is 4.90 Å². The Morgan fingerprint density at radius 2 is 1.26 bits per heavy atom. The molecule has 42 heavy (non-hydrogen) atoms. The van der Waals surface area contributed by atoms with Crippen LogP contribution in [0.25, 0.3) is 43.4 Å². The van der Waals surface area contributed by atoms with E-state index in [4.69, 9.17) is 0 Å². The van der Waals surface area contributed by atoms with E-state index in [2.05, 4.69) is 120 Å². The summed E-state index contributed by atoms with van der Waals surface area (Å²) in [5.74, 6) is 0.709. The third kappa shape index (κ3) is 3.00. The molecule has 0 bridgehead atoms. The zero-order chi connectivity index (χ0) is 27.4. The average molecular weight is 535 g/mol. The molecule has 1 fully saturated rings. The van der Waals surface area contributed by atoms with Crippen molar-refractivity contribution in [2.45, 2.75) is 38.0 Å². The first-order valence-corrected chi connectivity index (χ1v) is 15.7. The molecule has 0 spiro atoms. The van der Waals surface area contributed by atoms with Gasteiger partial charge in [0.1, 0.15) is 0 Å². The van der Waals surface area contributed by atoms with Gasteiger partial charge in [-0.2, -0.15) is 0 Å². The molecule has 1 nitrogen and oxygen atoms in total. The van der Waals surface area contributed by atoms with E-state index < -0.39 is 0 Å². The largest absolute Gasteiger partial charge is 0.311 e. The first-order valence-electron chi connectivity index (χ1n) is 15.7. The lowest BCUT2D eigenvalue weighted by Crippen LogP contribution is -2.54. The predicted molar refractivity (Wildman–Crippen MR) is 181 cm³/mol. The van der Waals surface area contributed by atoms with Crippen molar-refractivity contribution < 1.29 is 0 Å². The number of para-hydroxylation sites is 1. The lowest BCUT2D eigenvalue weighted by molar-refractivity contribution is 0.444. The van der Waals surface area contributed by atoms with Gasteiger partial charge in [0.2, 0.25) is 6.71 Å². The second-order valence-electron chi connectivity index (χ2n) is 12.7. The molecule has 1 saturated carbocycles. The summed E-state index contributed by atoms with van der Waals surface area (Å²) in [5, 5.41) is 7.99. The van der Waals surface area contributed by atoms with Crippen LogP contribution in [0.3, 0.4) is 0 Å². The van der Waals surface area contributed by atoms with Crippen LogP contribution in [0.15, 0.2) is 115 Å². The van der Waals surface area contributed by atoms with E-state index in [1.807, 2.05) is 0 Å². The summed E-state index contributed by atoms with van der Waals surface area (Å²) in [5.41, 5.74) is 12.6. The number of benzene rings is 7. The highest BCUT2D eigenvalue weighted by atomic mass is 15.2. The quantitative estimate of drug-likeness (QED) is 0.158. The number of anilines is 3. The number of fused-ring (bicyclic) bond motifs is 5. The number of rotatable bonds is 2. The molecule has 198 valence electrons.